The van der Waals surface area contributed by atoms with E-state index in [1.54, 1.807) is 37.3 Å². The summed E-state index contributed by atoms with van der Waals surface area (Å²) in [5.41, 5.74) is 2.40. The smallest absolute Gasteiger partial charge is 0.232 e. The average molecular weight is 396 g/mol. The van der Waals surface area contributed by atoms with Gasteiger partial charge in [-0.1, -0.05) is 31.2 Å². The largest absolute Gasteiger partial charge is 0.480 e. The number of nitrogens with zero attached hydrogens (tertiary/aromatic N) is 2. The van der Waals surface area contributed by atoms with E-state index in [0.29, 0.717) is 22.4 Å². The van der Waals surface area contributed by atoms with Crippen LogP contribution < -0.4 is 4.74 Å². The first-order valence-electron chi connectivity index (χ1n) is 8.48. The van der Waals surface area contributed by atoms with Crippen molar-refractivity contribution in [3.05, 3.63) is 66.0 Å². The molecule has 142 valence electrons. The van der Waals surface area contributed by atoms with Gasteiger partial charge in [0, 0.05) is 11.1 Å². The van der Waals surface area contributed by atoms with Gasteiger partial charge in [0.15, 0.2) is 9.84 Å². The fourth-order valence-electron chi connectivity index (χ4n) is 2.82. The molecule has 0 aliphatic rings. The van der Waals surface area contributed by atoms with Gasteiger partial charge in [0.05, 0.1) is 23.5 Å². The first kappa shape index (κ1) is 19.5. The fraction of sp³-hybridized carbons (Fsp3) is 0.143. The minimum absolute atomic E-state index is 0.00353. The van der Waals surface area contributed by atoms with Crippen molar-refractivity contribution >= 4 is 9.84 Å². The maximum atomic E-state index is 13.8. The highest BCUT2D eigenvalue weighted by Crippen LogP contribution is 2.35. The summed E-state index contributed by atoms with van der Waals surface area (Å²) in [4.78, 5) is 4.62. The van der Waals surface area contributed by atoms with Crippen LogP contribution in [0.5, 0.6) is 5.88 Å². The molecule has 0 saturated carbocycles. The molecule has 0 radical (unpaired) electrons. The van der Waals surface area contributed by atoms with Gasteiger partial charge in [-0.05, 0) is 35.9 Å². The number of rotatable bonds is 5. The highest BCUT2D eigenvalue weighted by molar-refractivity contribution is 7.91. The summed E-state index contributed by atoms with van der Waals surface area (Å²) >= 11 is 0. The first-order valence-corrected chi connectivity index (χ1v) is 10.1. The van der Waals surface area contributed by atoms with E-state index < -0.39 is 15.7 Å². The predicted molar refractivity (Wildman–Crippen MR) is 104 cm³/mol. The molecule has 0 atom stereocenters. The molecule has 1 aromatic heterocycles. The third-order valence-corrected chi connectivity index (χ3v) is 6.05. The van der Waals surface area contributed by atoms with Crippen molar-refractivity contribution in [3.8, 4) is 34.3 Å². The van der Waals surface area contributed by atoms with E-state index in [0.717, 1.165) is 0 Å². The Balaban J connectivity index is 2.23. The second kappa shape index (κ2) is 7.79. The van der Waals surface area contributed by atoms with Gasteiger partial charge in [-0.25, -0.2) is 17.8 Å². The van der Waals surface area contributed by atoms with Crippen LogP contribution in [0.3, 0.4) is 0 Å². The molecule has 0 saturated heterocycles. The quantitative estimate of drug-likeness (QED) is 0.645. The number of nitriles is 1. The molecule has 0 unspecified atom stereocenters. The van der Waals surface area contributed by atoms with Gasteiger partial charge in [-0.3, -0.25) is 0 Å². The van der Waals surface area contributed by atoms with Crippen molar-refractivity contribution in [2.45, 2.75) is 11.8 Å². The lowest BCUT2D eigenvalue weighted by Gasteiger charge is -2.13. The van der Waals surface area contributed by atoms with Gasteiger partial charge in [0.25, 0.3) is 0 Å². The lowest BCUT2D eigenvalue weighted by molar-refractivity contribution is 0.397. The van der Waals surface area contributed by atoms with Gasteiger partial charge < -0.3 is 4.74 Å². The SMILES string of the molecule is CCS(=O)(=O)c1ccc(-c2cc(C#N)c(OC)nc2-c2cccc(F)c2)cc1. The second-order valence-corrected chi connectivity index (χ2v) is 8.27. The highest BCUT2D eigenvalue weighted by atomic mass is 32.2. The van der Waals surface area contributed by atoms with Crippen molar-refractivity contribution < 1.29 is 17.5 Å². The zero-order chi connectivity index (χ0) is 20.3. The summed E-state index contributed by atoms with van der Waals surface area (Å²) in [6, 6.07) is 15.9. The van der Waals surface area contributed by atoms with Crippen molar-refractivity contribution in [2.75, 3.05) is 12.9 Å². The molecule has 3 aromatic rings. The van der Waals surface area contributed by atoms with Crippen LogP contribution in [0.2, 0.25) is 0 Å². The van der Waals surface area contributed by atoms with E-state index in [1.165, 1.54) is 31.4 Å². The molecule has 2 aromatic carbocycles. The summed E-state index contributed by atoms with van der Waals surface area (Å²) in [5.74, 6) is -0.280. The van der Waals surface area contributed by atoms with E-state index in [1.807, 2.05) is 6.07 Å². The van der Waals surface area contributed by atoms with E-state index in [2.05, 4.69) is 4.98 Å². The Bertz CT molecular complexity index is 1170. The van der Waals surface area contributed by atoms with Crippen LogP contribution in [0.1, 0.15) is 12.5 Å². The van der Waals surface area contributed by atoms with Gasteiger partial charge >= 0.3 is 0 Å². The first-order chi connectivity index (χ1) is 13.4. The number of aromatic nitrogens is 1. The Labute approximate surface area is 163 Å². The van der Waals surface area contributed by atoms with E-state index in [4.69, 9.17) is 4.74 Å². The topological polar surface area (TPSA) is 80.0 Å². The van der Waals surface area contributed by atoms with Crippen LogP contribution in [-0.2, 0) is 9.84 Å². The highest BCUT2D eigenvalue weighted by Gasteiger charge is 2.17. The van der Waals surface area contributed by atoms with Gasteiger partial charge in [-0.15, -0.1) is 0 Å². The monoisotopic (exact) mass is 396 g/mol. The number of pyridine rings is 1. The lowest BCUT2D eigenvalue weighted by Crippen LogP contribution is -2.03. The van der Waals surface area contributed by atoms with E-state index in [-0.39, 0.29) is 22.1 Å². The molecule has 28 heavy (non-hydrogen) atoms. The molecular weight excluding hydrogens is 379 g/mol. The number of hydrogen-bond acceptors (Lipinski definition) is 5. The zero-order valence-corrected chi connectivity index (χ0v) is 16.1. The minimum Gasteiger partial charge on any atom is -0.480 e. The number of sulfone groups is 1. The van der Waals surface area contributed by atoms with Crippen LogP contribution in [0.4, 0.5) is 4.39 Å². The normalized spacial score (nSPS) is 11.1. The Morgan fingerprint density at radius 1 is 1.11 bits per heavy atom. The standard InChI is InChI=1S/C21H17FN2O3S/c1-3-28(25,26)18-9-7-14(8-10-18)19-12-16(13-23)21(27-2)24-20(19)15-5-4-6-17(22)11-15/h4-12H,3H2,1-2H3. The average Bonchev–Trinajstić information content (AvgIpc) is 2.72. The van der Waals surface area contributed by atoms with Gasteiger partial charge in [0.1, 0.15) is 17.4 Å². The maximum absolute atomic E-state index is 13.8. The minimum atomic E-state index is -3.33. The summed E-state index contributed by atoms with van der Waals surface area (Å²) in [6.07, 6.45) is 0. The molecule has 0 fully saturated rings. The summed E-state index contributed by atoms with van der Waals surface area (Å²) in [6.45, 7) is 1.58. The van der Waals surface area contributed by atoms with Crippen LogP contribution in [0, 0.1) is 17.1 Å². The Hall–Kier alpha value is -3.24. The zero-order valence-electron chi connectivity index (χ0n) is 15.3. The lowest BCUT2D eigenvalue weighted by atomic mass is 9.98. The van der Waals surface area contributed by atoms with Crippen molar-refractivity contribution in [3.63, 3.8) is 0 Å². The van der Waals surface area contributed by atoms with Crippen LogP contribution >= 0.6 is 0 Å². The Morgan fingerprint density at radius 3 is 2.39 bits per heavy atom. The number of benzene rings is 2. The molecule has 0 bridgehead atoms. The molecule has 0 spiro atoms. The van der Waals surface area contributed by atoms with E-state index in [9.17, 15) is 18.1 Å². The van der Waals surface area contributed by atoms with Crippen LogP contribution in [0.15, 0.2) is 59.5 Å². The number of methoxy groups -OCH3 is 1. The molecule has 0 aliphatic carbocycles. The van der Waals surface area contributed by atoms with Crippen LogP contribution in [-0.4, -0.2) is 26.3 Å². The molecule has 0 N–H and O–H groups in total. The number of hydrogen-bond donors (Lipinski definition) is 0. The molecule has 1 heterocycles. The predicted octanol–water partition coefficient (Wildman–Crippen LogP) is 4.23. The Kier molecular flexibility index (Phi) is 5.43. The van der Waals surface area contributed by atoms with Gasteiger partial charge in [0.2, 0.25) is 5.88 Å². The fourth-order valence-corrected chi connectivity index (χ4v) is 3.70. The second-order valence-electron chi connectivity index (χ2n) is 5.99. The molecule has 0 amide bonds. The molecule has 0 aliphatic heterocycles. The third-order valence-electron chi connectivity index (χ3n) is 4.30. The summed E-state index contributed by atoms with van der Waals surface area (Å²) < 4.78 is 43.0. The molecule has 7 heteroatoms. The van der Waals surface area contributed by atoms with Crippen molar-refractivity contribution in [1.29, 1.82) is 5.26 Å². The molecule has 5 nitrogen and oxygen atoms in total. The summed E-state index contributed by atoms with van der Waals surface area (Å²) in [5, 5.41) is 9.40. The van der Waals surface area contributed by atoms with E-state index >= 15 is 0 Å². The summed E-state index contributed by atoms with van der Waals surface area (Å²) in [7, 11) is -1.92. The van der Waals surface area contributed by atoms with Gasteiger partial charge in [-0.2, -0.15) is 5.26 Å². The number of ether oxygens (including phenoxy) is 1. The number of halogens is 1. The van der Waals surface area contributed by atoms with Crippen molar-refractivity contribution in [1.82, 2.24) is 4.98 Å². The van der Waals surface area contributed by atoms with Crippen molar-refractivity contribution in [2.24, 2.45) is 0 Å². The third kappa shape index (κ3) is 3.73. The van der Waals surface area contributed by atoms with Crippen LogP contribution in [0.25, 0.3) is 22.4 Å². The Morgan fingerprint density at radius 2 is 1.82 bits per heavy atom. The maximum Gasteiger partial charge on any atom is 0.232 e. The molecular formula is C21H17FN2O3S. The molecule has 3 rings (SSSR count).